The largest absolute Gasteiger partial charge is 0.473 e. The van der Waals surface area contributed by atoms with Crippen molar-refractivity contribution in [2.24, 2.45) is 0 Å². The summed E-state index contributed by atoms with van der Waals surface area (Å²) in [6.45, 7) is 2.24. The number of nitrogens with zero attached hydrogens (tertiary/aromatic N) is 4. The molecule has 0 radical (unpaired) electrons. The lowest BCUT2D eigenvalue weighted by molar-refractivity contribution is 0.202. The molecule has 0 saturated carbocycles. The maximum atomic E-state index is 12.5. The molecule has 3 aromatic rings. The Morgan fingerprint density at radius 1 is 0.938 bits per heavy atom. The summed E-state index contributed by atoms with van der Waals surface area (Å²) in [5, 5.41) is 0. The van der Waals surface area contributed by atoms with Gasteiger partial charge in [0.15, 0.2) is 5.82 Å². The SMILES string of the molecule is CCCCS(=O)(=O)Nc1ncnc(OCCOc2ncc(Br)cn2)c1-c1ccc(Br)cc1. The molecule has 0 aliphatic carbocycles. The number of benzene rings is 1. The normalized spacial score (nSPS) is 11.2. The standard InChI is InChI=1S/C20H21Br2N5O4S/c1-2-3-10-32(28,29)27-18-17(14-4-6-15(21)7-5-14)19(26-13-25-18)30-8-9-31-20-23-11-16(22)12-24-20/h4-7,11-13H,2-3,8-10H2,1H3,(H,25,26,27). The van der Waals surface area contributed by atoms with E-state index in [0.29, 0.717) is 17.5 Å². The number of hydrogen-bond donors (Lipinski definition) is 1. The van der Waals surface area contributed by atoms with Crippen LogP contribution in [0.5, 0.6) is 11.9 Å². The number of ether oxygens (including phenoxy) is 2. The van der Waals surface area contributed by atoms with E-state index in [2.05, 4.69) is 56.5 Å². The van der Waals surface area contributed by atoms with Gasteiger partial charge in [0.1, 0.15) is 19.5 Å². The molecule has 2 aromatic heterocycles. The van der Waals surface area contributed by atoms with Gasteiger partial charge in [0.05, 0.1) is 15.8 Å². The van der Waals surface area contributed by atoms with Crippen molar-refractivity contribution < 1.29 is 17.9 Å². The third kappa shape index (κ3) is 7.10. The van der Waals surface area contributed by atoms with Crippen LogP contribution in [0.3, 0.4) is 0 Å². The molecule has 0 amide bonds. The van der Waals surface area contributed by atoms with Crippen LogP contribution in [0.25, 0.3) is 11.1 Å². The molecule has 3 rings (SSSR count). The number of halogens is 2. The highest BCUT2D eigenvalue weighted by Gasteiger charge is 2.20. The van der Waals surface area contributed by atoms with Crippen molar-refractivity contribution in [3.63, 3.8) is 0 Å². The molecule has 1 aromatic carbocycles. The molecule has 0 bridgehead atoms. The molecule has 170 valence electrons. The zero-order valence-electron chi connectivity index (χ0n) is 17.2. The molecule has 0 spiro atoms. The van der Waals surface area contributed by atoms with Crippen LogP contribution in [0, 0.1) is 0 Å². The van der Waals surface area contributed by atoms with Gasteiger partial charge >= 0.3 is 6.01 Å². The summed E-state index contributed by atoms with van der Waals surface area (Å²) < 4.78 is 40.5. The fraction of sp³-hybridized carbons (Fsp3) is 0.300. The maximum absolute atomic E-state index is 12.5. The Morgan fingerprint density at radius 2 is 1.62 bits per heavy atom. The molecule has 1 N–H and O–H groups in total. The van der Waals surface area contributed by atoms with Crippen LogP contribution in [0.1, 0.15) is 19.8 Å². The minimum Gasteiger partial charge on any atom is -0.473 e. The first-order valence-electron chi connectivity index (χ1n) is 9.72. The zero-order valence-corrected chi connectivity index (χ0v) is 21.2. The third-order valence-corrected chi connectivity index (χ3v) is 6.38. The van der Waals surface area contributed by atoms with Crippen LogP contribution in [0.15, 0.2) is 51.9 Å². The third-order valence-electron chi connectivity index (χ3n) is 4.11. The molecule has 0 aliphatic heterocycles. The lowest BCUT2D eigenvalue weighted by atomic mass is 10.1. The van der Waals surface area contributed by atoms with Crippen molar-refractivity contribution in [3.8, 4) is 23.0 Å². The fourth-order valence-electron chi connectivity index (χ4n) is 2.61. The summed E-state index contributed by atoms with van der Waals surface area (Å²) in [5.74, 6) is 0.395. The Bertz CT molecular complexity index is 1130. The summed E-state index contributed by atoms with van der Waals surface area (Å²) in [4.78, 5) is 16.4. The number of anilines is 1. The number of aromatic nitrogens is 4. The lowest BCUT2D eigenvalue weighted by Crippen LogP contribution is -2.19. The fourth-order valence-corrected chi connectivity index (χ4v) is 4.30. The molecule has 0 unspecified atom stereocenters. The van der Waals surface area contributed by atoms with E-state index in [1.54, 1.807) is 12.4 Å². The van der Waals surface area contributed by atoms with Crippen molar-refractivity contribution in [1.82, 2.24) is 19.9 Å². The highest BCUT2D eigenvalue weighted by Crippen LogP contribution is 2.35. The van der Waals surface area contributed by atoms with Crippen LogP contribution >= 0.6 is 31.9 Å². The second-order valence-electron chi connectivity index (χ2n) is 6.56. The van der Waals surface area contributed by atoms with Crippen molar-refractivity contribution in [2.45, 2.75) is 19.8 Å². The maximum Gasteiger partial charge on any atom is 0.316 e. The summed E-state index contributed by atoms with van der Waals surface area (Å²) in [6, 6.07) is 7.55. The van der Waals surface area contributed by atoms with Gasteiger partial charge < -0.3 is 9.47 Å². The number of hydrogen-bond acceptors (Lipinski definition) is 8. The van der Waals surface area contributed by atoms with Crippen molar-refractivity contribution in [2.75, 3.05) is 23.7 Å². The van der Waals surface area contributed by atoms with Gasteiger partial charge in [0, 0.05) is 16.9 Å². The van der Waals surface area contributed by atoms with Gasteiger partial charge in [-0.15, -0.1) is 0 Å². The highest BCUT2D eigenvalue weighted by molar-refractivity contribution is 9.10. The quantitative estimate of drug-likeness (QED) is 0.327. The first-order chi connectivity index (χ1) is 15.4. The van der Waals surface area contributed by atoms with Crippen molar-refractivity contribution >= 4 is 47.7 Å². The van der Waals surface area contributed by atoms with Crippen molar-refractivity contribution in [1.29, 1.82) is 0 Å². The van der Waals surface area contributed by atoms with E-state index in [4.69, 9.17) is 9.47 Å². The Balaban J connectivity index is 1.81. The van der Waals surface area contributed by atoms with Crippen LogP contribution in [-0.2, 0) is 10.0 Å². The number of sulfonamides is 1. The van der Waals surface area contributed by atoms with Gasteiger partial charge in [-0.25, -0.2) is 28.4 Å². The second-order valence-corrected chi connectivity index (χ2v) is 10.2. The van der Waals surface area contributed by atoms with E-state index in [0.717, 1.165) is 15.4 Å². The predicted octanol–water partition coefficient (Wildman–Crippen LogP) is 4.46. The predicted molar refractivity (Wildman–Crippen MR) is 128 cm³/mol. The van der Waals surface area contributed by atoms with Crippen LogP contribution in [-0.4, -0.2) is 47.3 Å². The second kappa shape index (κ2) is 11.5. The topological polar surface area (TPSA) is 116 Å². The molecule has 0 aliphatic rings. The van der Waals surface area contributed by atoms with E-state index in [-0.39, 0.29) is 36.7 Å². The van der Waals surface area contributed by atoms with Crippen LogP contribution < -0.4 is 14.2 Å². The van der Waals surface area contributed by atoms with E-state index in [9.17, 15) is 8.42 Å². The van der Waals surface area contributed by atoms with Gasteiger partial charge in [0.25, 0.3) is 0 Å². The first kappa shape index (κ1) is 24.3. The molecule has 2 heterocycles. The molecule has 9 nitrogen and oxygen atoms in total. The zero-order chi connectivity index (χ0) is 23.0. The minimum absolute atomic E-state index is 0.00447. The Morgan fingerprint density at radius 3 is 2.31 bits per heavy atom. The minimum atomic E-state index is -3.57. The number of rotatable bonds is 11. The Kier molecular flexibility index (Phi) is 8.76. The summed E-state index contributed by atoms with van der Waals surface area (Å²) in [7, 11) is -3.57. The summed E-state index contributed by atoms with van der Waals surface area (Å²) in [6.07, 6.45) is 5.73. The van der Waals surface area contributed by atoms with E-state index < -0.39 is 10.0 Å². The molecule has 0 fully saturated rings. The molecule has 0 saturated heterocycles. The lowest BCUT2D eigenvalue weighted by Gasteiger charge is -2.15. The van der Waals surface area contributed by atoms with E-state index in [1.165, 1.54) is 6.33 Å². The van der Waals surface area contributed by atoms with Gasteiger partial charge in [0.2, 0.25) is 15.9 Å². The summed E-state index contributed by atoms with van der Waals surface area (Å²) >= 11 is 6.67. The number of unbranched alkanes of at least 4 members (excludes halogenated alkanes) is 1. The van der Waals surface area contributed by atoms with Crippen LogP contribution in [0.2, 0.25) is 0 Å². The van der Waals surface area contributed by atoms with Crippen molar-refractivity contribution in [3.05, 3.63) is 51.9 Å². The van der Waals surface area contributed by atoms with Crippen LogP contribution in [0.4, 0.5) is 5.82 Å². The molecule has 0 atom stereocenters. The van der Waals surface area contributed by atoms with Gasteiger partial charge in [-0.3, -0.25) is 4.72 Å². The van der Waals surface area contributed by atoms with Gasteiger partial charge in [-0.05, 0) is 40.0 Å². The van der Waals surface area contributed by atoms with Gasteiger partial charge in [-0.1, -0.05) is 41.4 Å². The molecule has 32 heavy (non-hydrogen) atoms. The first-order valence-corrected chi connectivity index (χ1v) is 13.0. The molecule has 12 heteroatoms. The molecular weight excluding hydrogens is 566 g/mol. The van der Waals surface area contributed by atoms with Gasteiger partial charge in [-0.2, -0.15) is 0 Å². The number of nitrogens with one attached hydrogen (secondary N) is 1. The highest BCUT2D eigenvalue weighted by atomic mass is 79.9. The Labute approximate surface area is 203 Å². The average Bonchev–Trinajstić information content (AvgIpc) is 2.77. The monoisotopic (exact) mass is 585 g/mol. The van der Waals surface area contributed by atoms with E-state index in [1.807, 2.05) is 31.2 Å². The smallest absolute Gasteiger partial charge is 0.316 e. The summed E-state index contributed by atoms with van der Waals surface area (Å²) in [5.41, 5.74) is 1.15. The molecular formula is C20H21Br2N5O4S. The van der Waals surface area contributed by atoms with E-state index >= 15 is 0 Å². The average molecular weight is 587 g/mol. The Hall–Kier alpha value is -2.31.